The van der Waals surface area contributed by atoms with E-state index in [-0.39, 0.29) is 25.1 Å². The molecule has 1 rings (SSSR count). The maximum absolute atomic E-state index is 8.61. The van der Waals surface area contributed by atoms with Crippen molar-refractivity contribution in [3.63, 3.8) is 0 Å². The Morgan fingerprint density at radius 3 is 2.80 bits per heavy atom. The quantitative estimate of drug-likeness (QED) is 0.568. The summed E-state index contributed by atoms with van der Waals surface area (Å²) in [5.41, 5.74) is 0. The SMILES string of the molecule is C[C@@H]1CO[C@H](CO)CN1.Cl. The van der Waals surface area contributed by atoms with Crippen molar-refractivity contribution in [2.45, 2.75) is 19.1 Å². The van der Waals surface area contributed by atoms with Crippen LogP contribution < -0.4 is 5.32 Å². The Labute approximate surface area is 67.2 Å². The first-order valence-electron chi connectivity index (χ1n) is 3.28. The van der Waals surface area contributed by atoms with Gasteiger partial charge in [0.25, 0.3) is 0 Å². The topological polar surface area (TPSA) is 41.5 Å². The minimum absolute atomic E-state index is 0. The summed E-state index contributed by atoms with van der Waals surface area (Å²) in [5, 5.41) is 11.8. The van der Waals surface area contributed by atoms with Gasteiger partial charge in [0.2, 0.25) is 0 Å². The smallest absolute Gasteiger partial charge is 0.0930 e. The van der Waals surface area contributed by atoms with Gasteiger partial charge >= 0.3 is 0 Å². The van der Waals surface area contributed by atoms with Gasteiger partial charge in [0.1, 0.15) is 0 Å². The minimum atomic E-state index is 0. The first-order chi connectivity index (χ1) is 4.33. The number of morpholine rings is 1. The fourth-order valence-electron chi connectivity index (χ4n) is 0.848. The molecule has 0 saturated carbocycles. The second-order valence-corrected chi connectivity index (χ2v) is 2.45. The highest BCUT2D eigenvalue weighted by molar-refractivity contribution is 5.85. The molecule has 0 bridgehead atoms. The molecule has 1 fully saturated rings. The van der Waals surface area contributed by atoms with Gasteiger partial charge in [-0.15, -0.1) is 12.4 Å². The lowest BCUT2D eigenvalue weighted by Gasteiger charge is -2.26. The number of hydrogen-bond acceptors (Lipinski definition) is 3. The van der Waals surface area contributed by atoms with Gasteiger partial charge in [-0.3, -0.25) is 0 Å². The molecule has 2 N–H and O–H groups in total. The molecule has 0 aromatic rings. The molecule has 3 nitrogen and oxygen atoms in total. The molecule has 0 amide bonds. The molecule has 4 heteroatoms. The lowest BCUT2D eigenvalue weighted by molar-refractivity contribution is -0.0222. The van der Waals surface area contributed by atoms with Crippen LogP contribution in [0.15, 0.2) is 0 Å². The average molecular weight is 168 g/mol. The zero-order chi connectivity index (χ0) is 6.69. The van der Waals surface area contributed by atoms with Crippen molar-refractivity contribution in [3.05, 3.63) is 0 Å². The van der Waals surface area contributed by atoms with Gasteiger partial charge in [-0.1, -0.05) is 0 Å². The average Bonchev–Trinajstić information content (AvgIpc) is 1.90. The number of nitrogens with one attached hydrogen (secondary N) is 1. The Morgan fingerprint density at radius 1 is 1.70 bits per heavy atom. The largest absolute Gasteiger partial charge is 0.394 e. The second-order valence-electron chi connectivity index (χ2n) is 2.45. The molecule has 2 atom stereocenters. The van der Waals surface area contributed by atoms with E-state index in [9.17, 15) is 0 Å². The molecular formula is C6H14ClNO2. The van der Waals surface area contributed by atoms with Crippen molar-refractivity contribution in [1.29, 1.82) is 0 Å². The molecule has 0 aromatic carbocycles. The molecule has 1 aliphatic rings. The van der Waals surface area contributed by atoms with E-state index >= 15 is 0 Å². The summed E-state index contributed by atoms with van der Waals surface area (Å²) in [6.45, 7) is 3.68. The summed E-state index contributed by atoms with van der Waals surface area (Å²) in [6, 6.07) is 0.438. The van der Waals surface area contributed by atoms with Gasteiger partial charge in [-0.2, -0.15) is 0 Å². The van der Waals surface area contributed by atoms with E-state index in [4.69, 9.17) is 9.84 Å². The second kappa shape index (κ2) is 4.91. The molecule has 1 aliphatic heterocycles. The van der Waals surface area contributed by atoms with Crippen LogP contribution in [-0.4, -0.2) is 37.0 Å². The fourth-order valence-corrected chi connectivity index (χ4v) is 0.848. The van der Waals surface area contributed by atoms with E-state index in [0.29, 0.717) is 12.6 Å². The van der Waals surface area contributed by atoms with Crippen molar-refractivity contribution >= 4 is 12.4 Å². The van der Waals surface area contributed by atoms with Gasteiger partial charge in [0.05, 0.1) is 19.3 Å². The summed E-state index contributed by atoms with van der Waals surface area (Å²) in [6.07, 6.45) is 0.0150. The van der Waals surface area contributed by atoms with Gasteiger partial charge < -0.3 is 15.2 Å². The summed E-state index contributed by atoms with van der Waals surface area (Å²) in [7, 11) is 0. The minimum Gasteiger partial charge on any atom is -0.394 e. The molecule has 10 heavy (non-hydrogen) atoms. The Balaban J connectivity index is 0.000000810. The van der Waals surface area contributed by atoms with Crippen LogP contribution in [0.5, 0.6) is 0 Å². The summed E-state index contributed by atoms with van der Waals surface area (Å²) in [4.78, 5) is 0. The number of ether oxygens (including phenoxy) is 1. The van der Waals surface area contributed by atoms with E-state index in [1.54, 1.807) is 0 Å². The van der Waals surface area contributed by atoms with Crippen molar-refractivity contribution < 1.29 is 9.84 Å². The number of aliphatic hydroxyl groups is 1. The van der Waals surface area contributed by atoms with Crippen LogP contribution in [0.3, 0.4) is 0 Å². The van der Waals surface area contributed by atoms with Crippen molar-refractivity contribution in [3.8, 4) is 0 Å². The van der Waals surface area contributed by atoms with Crippen LogP contribution in [0.1, 0.15) is 6.92 Å². The third-order valence-corrected chi connectivity index (χ3v) is 1.48. The molecule has 0 spiro atoms. The van der Waals surface area contributed by atoms with Crippen LogP contribution in [0.25, 0.3) is 0 Å². The fraction of sp³-hybridized carbons (Fsp3) is 1.00. The van der Waals surface area contributed by atoms with E-state index in [2.05, 4.69) is 12.2 Å². The van der Waals surface area contributed by atoms with Crippen LogP contribution in [0, 0.1) is 0 Å². The zero-order valence-corrected chi connectivity index (χ0v) is 6.86. The Hall–Kier alpha value is 0.170. The van der Waals surface area contributed by atoms with Crippen molar-refractivity contribution in [1.82, 2.24) is 5.32 Å². The highest BCUT2D eigenvalue weighted by Crippen LogP contribution is 1.98. The van der Waals surface area contributed by atoms with E-state index in [1.165, 1.54) is 0 Å². The number of hydrogen-bond donors (Lipinski definition) is 2. The standard InChI is InChI=1S/C6H13NO2.ClH/c1-5-4-9-6(3-8)2-7-5;/h5-8H,2-4H2,1H3;1H/t5-,6+;/m1./s1. The van der Waals surface area contributed by atoms with Gasteiger partial charge in [0, 0.05) is 12.6 Å². The molecule has 0 unspecified atom stereocenters. The maximum Gasteiger partial charge on any atom is 0.0930 e. The zero-order valence-electron chi connectivity index (χ0n) is 6.04. The highest BCUT2D eigenvalue weighted by atomic mass is 35.5. The van der Waals surface area contributed by atoms with E-state index in [1.807, 2.05) is 0 Å². The molecule has 1 heterocycles. The Morgan fingerprint density at radius 2 is 2.40 bits per heavy atom. The lowest BCUT2D eigenvalue weighted by Crippen LogP contribution is -2.46. The van der Waals surface area contributed by atoms with Crippen LogP contribution in [-0.2, 0) is 4.74 Å². The third kappa shape index (κ3) is 2.84. The summed E-state index contributed by atoms with van der Waals surface area (Å²) in [5.74, 6) is 0. The van der Waals surface area contributed by atoms with Crippen molar-refractivity contribution in [2.24, 2.45) is 0 Å². The normalized spacial score (nSPS) is 33.0. The monoisotopic (exact) mass is 167 g/mol. The summed E-state index contributed by atoms with van der Waals surface area (Å²) < 4.78 is 5.23. The van der Waals surface area contributed by atoms with Crippen LogP contribution in [0.4, 0.5) is 0 Å². The van der Waals surface area contributed by atoms with Crippen LogP contribution in [0.2, 0.25) is 0 Å². The number of halogens is 1. The van der Waals surface area contributed by atoms with E-state index < -0.39 is 0 Å². The van der Waals surface area contributed by atoms with Gasteiger partial charge in [-0.25, -0.2) is 0 Å². The van der Waals surface area contributed by atoms with Crippen molar-refractivity contribution in [2.75, 3.05) is 19.8 Å². The van der Waals surface area contributed by atoms with Gasteiger partial charge in [0.15, 0.2) is 0 Å². The summed E-state index contributed by atoms with van der Waals surface area (Å²) >= 11 is 0. The predicted octanol–water partition coefficient (Wildman–Crippen LogP) is -0.223. The molecular weight excluding hydrogens is 154 g/mol. The molecule has 1 saturated heterocycles. The number of rotatable bonds is 1. The Kier molecular flexibility index (Phi) is 4.99. The first-order valence-corrected chi connectivity index (χ1v) is 3.28. The van der Waals surface area contributed by atoms with E-state index in [0.717, 1.165) is 6.54 Å². The third-order valence-electron chi connectivity index (χ3n) is 1.48. The molecule has 0 radical (unpaired) electrons. The molecule has 0 aliphatic carbocycles. The predicted molar refractivity (Wildman–Crippen MR) is 41.5 cm³/mol. The first kappa shape index (κ1) is 10.2. The molecule has 62 valence electrons. The lowest BCUT2D eigenvalue weighted by atomic mass is 10.2. The maximum atomic E-state index is 8.61. The Bertz CT molecular complexity index is 83.8. The van der Waals surface area contributed by atoms with Crippen LogP contribution >= 0.6 is 12.4 Å². The number of aliphatic hydroxyl groups excluding tert-OH is 1. The molecule has 0 aromatic heterocycles. The van der Waals surface area contributed by atoms with Gasteiger partial charge in [-0.05, 0) is 6.92 Å². The highest BCUT2D eigenvalue weighted by Gasteiger charge is 2.15.